The van der Waals surface area contributed by atoms with Crippen LogP contribution in [0.2, 0.25) is 0 Å². The van der Waals surface area contributed by atoms with Gasteiger partial charge in [0.1, 0.15) is 0 Å². The Morgan fingerprint density at radius 1 is 1.62 bits per heavy atom. The Bertz CT molecular complexity index is 287. The molecule has 0 radical (unpaired) electrons. The topological polar surface area (TPSA) is 69.6 Å². The Balaban J connectivity index is 2.38. The molecule has 0 spiro atoms. The molecule has 0 heterocycles. The number of nitrogens with one attached hydrogen (secondary N) is 1. The Hall–Kier alpha value is -1.05. The molecular weight excluding hydrogens is 206 g/mol. The highest BCUT2D eigenvalue weighted by Crippen LogP contribution is 2.31. The average Bonchev–Trinajstić information content (AvgIpc) is 2.26. The van der Waals surface area contributed by atoms with E-state index in [1.165, 1.54) is 0 Å². The predicted octanol–water partition coefficient (Wildman–Crippen LogP) is 0.604. The SMILES string of the molecule is C#CC(C)NCC1(O)CCC(C(=O)O)CC1. The third-order valence-electron chi connectivity index (χ3n) is 3.25. The zero-order chi connectivity index (χ0) is 12.2. The van der Waals surface area contributed by atoms with Crippen LogP contribution in [0.4, 0.5) is 0 Å². The first-order chi connectivity index (χ1) is 7.47. The summed E-state index contributed by atoms with van der Waals surface area (Å²) in [7, 11) is 0. The van der Waals surface area contributed by atoms with Crippen molar-refractivity contribution in [2.75, 3.05) is 6.54 Å². The van der Waals surface area contributed by atoms with E-state index in [4.69, 9.17) is 11.5 Å². The maximum absolute atomic E-state index is 10.8. The minimum Gasteiger partial charge on any atom is -0.481 e. The van der Waals surface area contributed by atoms with Crippen LogP contribution in [-0.4, -0.2) is 34.4 Å². The van der Waals surface area contributed by atoms with Gasteiger partial charge in [-0.15, -0.1) is 6.42 Å². The van der Waals surface area contributed by atoms with Crippen molar-refractivity contribution < 1.29 is 15.0 Å². The summed E-state index contributed by atoms with van der Waals surface area (Å²) in [4.78, 5) is 10.8. The second-order valence-corrected chi connectivity index (χ2v) is 4.61. The van der Waals surface area contributed by atoms with Gasteiger partial charge in [0.05, 0.1) is 17.6 Å². The van der Waals surface area contributed by atoms with Crippen molar-refractivity contribution in [3.8, 4) is 12.3 Å². The molecule has 1 aliphatic carbocycles. The summed E-state index contributed by atoms with van der Waals surface area (Å²) in [6, 6.07) is -0.0683. The molecule has 1 aliphatic rings. The van der Waals surface area contributed by atoms with Gasteiger partial charge in [-0.1, -0.05) is 5.92 Å². The molecule has 1 saturated carbocycles. The van der Waals surface area contributed by atoms with E-state index in [1.54, 1.807) is 0 Å². The van der Waals surface area contributed by atoms with Gasteiger partial charge >= 0.3 is 5.97 Å². The first-order valence-corrected chi connectivity index (χ1v) is 5.61. The molecule has 1 unspecified atom stereocenters. The van der Waals surface area contributed by atoms with Gasteiger partial charge < -0.3 is 15.5 Å². The van der Waals surface area contributed by atoms with E-state index in [2.05, 4.69) is 11.2 Å². The van der Waals surface area contributed by atoms with Crippen LogP contribution < -0.4 is 5.32 Å². The molecule has 0 aromatic carbocycles. The summed E-state index contributed by atoms with van der Waals surface area (Å²) >= 11 is 0. The first-order valence-electron chi connectivity index (χ1n) is 5.61. The highest BCUT2D eigenvalue weighted by atomic mass is 16.4. The van der Waals surface area contributed by atoms with Crippen LogP contribution in [0.25, 0.3) is 0 Å². The monoisotopic (exact) mass is 225 g/mol. The Morgan fingerprint density at radius 3 is 2.62 bits per heavy atom. The molecule has 0 saturated heterocycles. The lowest BCUT2D eigenvalue weighted by Gasteiger charge is -2.35. The van der Waals surface area contributed by atoms with Gasteiger partial charge in [0, 0.05) is 6.54 Å². The fourth-order valence-corrected chi connectivity index (χ4v) is 1.98. The van der Waals surface area contributed by atoms with Crippen LogP contribution in [0, 0.1) is 18.3 Å². The zero-order valence-corrected chi connectivity index (χ0v) is 9.57. The van der Waals surface area contributed by atoms with Crippen molar-refractivity contribution in [3.63, 3.8) is 0 Å². The maximum Gasteiger partial charge on any atom is 0.306 e. The van der Waals surface area contributed by atoms with Crippen molar-refractivity contribution in [3.05, 3.63) is 0 Å². The van der Waals surface area contributed by atoms with Crippen LogP contribution in [-0.2, 0) is 4.79 Å². The molecule has 0 aliphatic heterocycles. The predicted molar refractivity (Wildman–Crippen MR) is 60.8 cm³/mol. The summed E-state index contributed by atoms with van der Waals surface area (Å²) in [6.45, 7) is 2.29. The van der Waals surface area contributed by atoms with E-state index in [1.807, 2.05) is 6.92 Å². The number of hydrogen-bond acceptors (Lipinski definition) is 3. The zero-order valence-electron chi connectivity index (χ0n) is 9.57. The minimum absolute atomic E-state index is 0.0683. The highest BCUT2D eigenvalue weighted by Gasteiger charge is 2.35. The number of hydrogen-bond donors (Lipinski definition) is 3. The lowest BCUT2D eigenvalue weighted by atomic mass is 9.78. The lowest BCUT2D eigenvalue weighted by Crippen LogP contribution is -2.46. The smallest absolute Gasteiger partial charge is 0.306 e. The number of aliphatic hydroxyl groups is 1. The molecule has 0 bridgehead atoms. The largest absolute Gasteiger partial charge is 0.481 e. The van der Waals surface area contributed by atoms with Crippen molar-refractivity contribution >= 4 is 5.97 Å². The fraction of sp³-hybridized carbons (Fsp3) is 0.750. The number of terminal acetylenes is 1. The molecule has 0 aromatic heterocycles. The second kappa shape index (κ2) is 5.33. The lowest BCUT2D eigenvalue weighted by molar-refractivity contribution is -0.144. The third kappa shape index (κ3) is 3.51. The van der Waals surface area contributed by atoms with Gasteiger partial charge in [-0.2, -0.15) is 0 Å². The Kier molecular flexibility index (Phi) is 4.34. The van der Waals surface area contributed by atoms with E-state index < -0.39 is 11.6 Å². The molecule has 4 nitrogen and oxygen atoms in total. The van der Waals surface area contributed by atoms with Gasteiger partial charge in [-0.3, -0.25) is 4.79 Å². The van der Waals surface area contributed by atoms with Crippen LogP contribution in [0.15, 0.2) is 0 Å². The number of carboxylic acid groups (broad SMARTS) is 1. The minimum atomic E-state index is -0.795. The molecule has 1 fully saturated rings. The number of carboxylic acids is 1. The molecular formula is C12H19NO3. The number of aliphatic carboxylic acids is 1. The molecule has 4 heteroatoms. The number of rotatable bonds is 4. The van der Waals surface area contributed by atoms with Crippen molar-refractivity contribution in [1.82, 2.24) is 5.32 Å². The molecule has 1 rings (SSSR count). The van der Waals surface area contributed by atoms with Gasteiger partial charge in [-0.25, -0.2) is 0 Å². The normalized spacial score (nSPS) is 31.7. The molecule has 16 heavy (non-hydrogen) atoms. The quantitative estimate of drug-likeness (QED) is 0.613. The van der Waals surface area contributed by atoms with E-state index in [0.717, 1.165) is 0 Å². The maximum atomic E-state index is 10.8. The van der Waals surface area contributed by atoms with Crippen LogP contribution >= 0.6 is 0 Å². The van der Waals surface area contributed by atoms with Gasteiger partial charge in [-0.05, 0) is 32.6 Å². The molecule has 90 valence electrons. The Morgan fingerprint density at radius 2 is 2.19 bits per heavy atom. The second-order valence-electron chi connectivity index (χ2n) is 4.61. The summed E-state index contributed by atoms with van der Waals surface area (Å²) in [6.07, 6.45) is 7.34. The average molecular weight is 225 g/mol. The standard InChI is InChI=1S/C12H19NO3/c1-3-9(2)13-8-12(16)6-4-10(5-7-12)11(14)15/h1,9-10,13,16H,4-8H2,2H3,(H,14,15). The summed E-state index contributed by atoms with van der Waals surface area (Å²) in [5.74, 6) is 1.47. The van der Waals surface area contributed by atoms with E-state index in [9.17, 15) is 9.90 Å². The van der Waals surface area contributed by atoms with Gasteiger partial charge in [0.15, 0.2) is 0 Å². The molecule has 3 N–H and O–H groups in total. The van der Waals surface area contributed by atoms with Crippen LogP contribution in [0.3, 0.4) is 0 Å². The summed E-state index contributed by atoms with van der Waals surface area (Å²) in [5.41, 5.74) is -0.795. The summed E-state index contributed by atoms with van der Waals surface area (Å²) < 4.78 is 0. The van der Waals surface area contributed by atoms with E-state index in [-0.39, 0.29) is 12.0 Å². The number of carbonyl (C=O) groups is 1. The van der Waals surface area contributed by atoms with Gasteiger partial charge in [0.25, 0.3) is 0 Å². The van der Waals surface area contributed by atoms with Crippen molar-refractivity contribution in [2.45, 2.75) is 44.2 Å². The van der Waals surface area contributed by atoms with Crippen LogP contribution in [0.1, 0.15) is 32.6 Å². The van der Waals surface area contributed by atoms with Crippen LogP contribution in [0.5, 0.6) is 0 Å². The molecule has 0 amide bonds. The first kappa shape index (κ1) is 13.0. The fourth-order valence-electron chi connectivity index (χ4n) is 1.98. The summed E-state index contributed by atoms with van der Waals surface area (Å²) in [5, 5.41) is 22.1. The highest BCUT2D eigenvalue weighted by molar-refractivity contribution is 5.70. The molecule has 1 atom stereocenters. The molecule has 0 aromatic rings. The van der Waals surface area contributed by atoms with Gasteiger partial charge in [0.2, 0.25) is 0 Å². The van der Waals surface area contributed by atoms with E-state index >= 15 is 0 Å². The Labute approximate surface area is 96.0 Å². The van der Waals surface area contributed by atoms with E-state index in [0.29, 0.717) is 32.2 Å². The van der Waals surface area contributed by atoms with Crippen molar-refractivity contribution in [2.24, 2.45) is 5.92 Å². The van der Waals surface area contributed by atoms with Crippen molar-refractivity contribution in [1.29, 1.82) is 0 Å². The third-order valence-corrected chi connectivity index (χ3v) is 3.25.